The van der Waals surface area contributed by atoms with Gasteiger partial charge < -0.3 is 10.5 Å². The zero-order chi connectivity index (χ0) is 14.7. The minimum absolute atomic E-state index is 0.0349. The number of ether oxygens (including phenoxy) is 1. The van der Waals surface area contributed by atoms with Gasteiger partial charge in [-0.3, -0.25) is 0 Å². The number of anilines is 1. The van der Waals surface area contributed by atoms with Crippen molar-refractivity contribution in [1.29, 1.82) is 0 Å². The average Bonchev–Trinajstić information content (AvgIpc) is 2.53. The van der Waals surface area contributed by atoms with Crippen LogP contribution in [-0.4, -0.2) is 9.97 Å². The maximum Gasteiger partial charge on any atom is 0.260 e. The summed E-state index contributed by atoms with van der Waals surface area (Å²) in [5.41, 5.74) is 7.56. The monoisotopic (exact) mass is 281 g/mol. The molecule has 4 nitrogen and oxygen atoms in total. The number of hydrogen-bond acceptors (Lipinski definition) is 4. The highest BCUT2D eigenvalue weighted by Crippen LogP contribution is 2.26. The van der Waals surface area contributed by atoms with E-state index in [9.17, 15) is 4.39 Å². The van der Waals surface area contributed by atoms with Crippen LogP contribution in [0.3, 0.4) is 0 Å². The van der Waals surface area contributed by atoms with Gasteiger partial charge in [0.2, 0.25) is 11.8 Å². The normalized spacial score (nSPS) is 10.3. The molecule has 21 heavy (non-hydrogen) atoms. The molecular weight excluding hydrogens is 269 g/mol. The lowest BCUT2D eigenvalue weighted by Gasteiger charge is -2.07. The van der Waals surface area contributed by atoms with Crippen molar-refractivity contribution in [3.63, 3.8) is 0 Å². The number of aromatic nitrogens is 2. The van der Waals surface area contributed by atoms with Crippen molar-refractivity contribution in [2.24, 2.45) is 0 Å². The Balaban J connectivity index is 1.83. The van der Waals surface area contributed by atoms with Crippen molar-refractivity contribution in [2.75, 3.05) is 5.73 Å². The van der Waals surface area contributed by atoms with Crippen LogP contribution in [0.25, 0.3) is 11.1 Å². The number of hydrogen-bond donors (Lipinski definition) is 1. The lowest BCUT2D eigenvalue weighted by Crippen LogP contribution is -1.99. The molecule has 0 unspecified atom stereocenters. The third kappa shape index (κ3) is 2.97. The lowest BCUT2D eigenvalue weighted by atomic mass is 10.1. The molecule has 0 amide bonds. The van der Waals surface area contributed by atoms with Crippen molar-refractivity contribution < 1.29 is 9.13 Å². The van der Waals surface area contributed by atoms with Crippen LogP contribution in [0.1, 0.15) is 0 Å². The van der Waals surface area contributed by atoms with E-state index in [0.717, 1.165) is 17.3 Å². The predicted molar refractivity (Wildman–Crippen MR) is 78.4 cm³/mol. The highest BCUT2D eigenvalue weighted by atomic mass is 19.1. The first-order chi connectivity index (χ1) is 10.2. The third-order valence-corrected chi connectivity index (χ3v) is 2.91. The van der Waals surface area contributed by atoms with E-state index in [1.165, 1.54) is 0 Å². The SMILES string of the molecule is Nc1ncc(F)c(Oc2ccc(-c3ccccc3)cc2)n1. The van der Waals surface area contributed by atoms with Crippen LogP contribution in [0, 0.1) is 5.82 Å². The van der Waals surface area contributed by atoms with Crippen LogP contribution >= 0.6 is 0 Å². The van der Waals surface area contributed by atoms with E-state index in [2.05, 4.69) is 9.97 Å². The molecule has 0 aliphatic heterocycles. The summed E-state index contributed by atoms with van der Waals surface area (Å²) < 4.78 is 18.9. The van der Waals surface area contributed by atoms with E-state index in [4.69, 9.17) is 10.5 Å². The van der Waals surface area contributed by atoms with Crippen LogP contribution in [0.15, 0.2) is 60.8 Å². The Kier molecular flexibility index (Phi) is 3.47. The summed E-state index contributed by atoms with van der Waals surface area (Å²) >= 11 is 0. The van der Waals surface area contributed by atoms with Gasteiger partial charge in [0.05, 0.1) is 6.20 Å². The van der Waals surface area contributed by atoms with E-state index in [1.54, 1.807) is 12.1 Å². The zero-order valence-corrected chi connectivity index (χ0v) is 11.0. The molecule has 0 fully saturated rings. The largest absolute Gasteiger partial charge is 0.436 e. The van der Waals surface area contributed by atoms with Crippen LogP contribution in [0.5, 0.6) is 11.6 Å². The molecule has 3 rings (SSSR count). The maximum absolute atomic E-state index is 13.5. The fraction of sp³-hybridized carbons (Fsp3) is 0. The van der Waals surface area contributed by atoms with E-state index in [-0.39, 0.29) is 11.8 Å². The second-order valence-corrected chi connectivity index (χ2v) is 4.37. The van der Waals surface area contributed by atoms with E-state index in [0.29, 0.717) is 5.75 Å². The molecule has 2 aromatic carbocycles. The van der Waals surface area contributed by atoms with Crippen LogP contribution in [0.2, 0.25) is 0 Å². The van der Waals surface area contributed by atoms with Crippen LogP contribution < -0.4 is 10.5 Å². The molecule has 1 heterocycles. The summed E-state index contributed by atoms with van der Waals surface area (Å²) in [5, 5.41) is 0. The number of nitrogen functional groups attached to an aromatic ring is 1. The first-order valence-corrected chi connectivity index (χ1v) is 6.34. The van der Waals surface area contributed by atoms with Gasteiger partial charge in [-0.2, -0.15) is 9.37 Å². The Morgan fingerprint density at radius 3 is 2.29 bits per heavy atom. The molecule has 3 aromatic rings. The Labute approximate surface area is 121 Å². The number of rotatable bonds is 3. The minimum atomic E-state index is -0.656. The molecule has 104 valence electrons. The quantitative estimate of drug-likeness (QED) is 0.796. The van der Waals surface area contributed by atoms with Gasteiger partial charge in [-0.1, -0.05) is 42.5 Å². The van der Waals surface area contributed by atoms with E-state index < -0.39 is 5.82 Å². The standard InChI is InChI=1S/C16H12FN3O/c17-14-10-19-16(18)20-15(14)21-13-8-6-12(7-9-13)11-4-2-1-3-5-11/h1-10H,(H2,18,19,20). The van der Waals surface area contributed by atoms with Gasteiger partial charge in [0.15, 0.2) is 0 Å². The van der Waals surface area contributed by atoms with Gasteiger partial charge >= 0.3 is 0 Å². The summed E-state index contributed by atoms with van der Waals surface area (Å²) in [6.45, 7) is 0. The van der Waals surface area contributed by atoms with Crippen molar-refractivity contribution in [3.05, 3.63) is 66.6 Å². The van der Waals surface area contributed by atoms with Gasteiger partial charge in [0.25, 0.3) is 5.88 Å². The van der Waals surface area contributed by atoms with Gasteiger partial charge in [0.1, 0.15) is 5.75 Å². The fourth-order valence-corrected chi connectivity index (χ4v) is 1.89. The molecule has 0 radical (unpaired) electrons. The minimum Gasteiger partial charge on any atom is -0.436 e. The maximum atomic E-state index is 13.5. The summed E-state index contributed by atoms with van der Waals surface area (Å²) in [6.07, 6.45) is 0.982. The predicted octanol–water partition coefficient (Wildman–Crippen LogP) is 3.66. The molecule has 0 atom stereocenters. The highest BCUT2D eigenvalue weighted by molar-refractivity contribution is 5.64. The molecule has 2 N–H and O–H groups in total. The molecule has 0 saturated carbocycles. The van der Waals surface area contributed by atoms with Crippen molar-refractivity contribution in [3.8, 4) is 22.8 Å². The summed E-state index contributed by atoms with van der Waals surface area (Å²) in [5.74, 6) is -0.398. The average molecular weight is 281 g/mol. The summed E-state index contributed by atoms with van der Waals surface area (Å²) in [6, 6.07) is 17.2. The molecule has 0 saturated heterocycles. The number of nitrogens with two attached hydrogens (primary N) is 1. The first kappa shape index (κ1) is 13.1. The van der Waals surface area contributed by atoms with Gasteiger partial charge in [0, 0.05) is 0 Å². The Bertz CT molecular complexity index is 745. The third-order valence-electron chi connectivity index (χ3n) is 2.91. The molecule has 0 aliphatic rings. The molecule has 1 aromatic heterocycles. The van der Waals surface area contributed by atoms with Gasteiger partial charge in [-0.05, 0) is 23.3 Å². The zero-order valence-electron chi connectivity index (χ0n) is 11.0. The molecular formula is C16H12FN3O. The molecule has 5 heteroatoms. The topological polar surface area (TPSA) is 61.0 Å². The Morgan fingerprint density at radius 2 is 1.57 bits per heavy atom. The fourth-order valence-electron chi connectivity index (χ4n) is 1.89. The number of nitrogens with zero attached hydrogens (tertiary/aromatic N) is 2. The molecule has 0 aliphatic carbocycles. The van der Waals surface area contributed by atoms with E-state index >= 15 is 0 Å². The Hall–Kier alpha value is -2.95. The Morgan fingerprint density at radius 1 is 0.905 bits per heavy atom. The number of benzene rings is 2. The van der Waals surface area contributed by atoms with Gasteiger partial charge in [-0.15, -0.1) is 0 Å². The first-order valence-electron chi connectivity index (χ1n) is 6.34. The molecule has 0 bridgehead atoms. The van der Waals surface area contributed by atoms with Crippen LogP contribution in [0.4, 0.5) is 10.3 Å². The second kappa shape index (κ2) is 5.58. The second-order valence-electron chi connectivity index (χ2n) is 4.37. The summed E-state index contributed by atoms with van der Waals surface area (Å²) in [4.78, 5) is 7.26. The smallest absolute Gasteiger partial charge is 0.260 e. The van der Waals surface area contributed by atoms with Crippen molar-refractivity contribution in [2.45, 2.75) is 0 Å². The van der Waals surface area contributed by atoms with Crippen molar-refractivity contribution in [1.82, 2.24) is 9.97 Å². The highest BCUT2D eigenvalue weighted by Gasteiger charge is 2.08. The summed E-state index contributed by atoms with van der Waals surface area (Å²) in [7, 11) is 0. The van der Waals surface area contributed by atoms with Gasteiger partial charge in [-0.25, -0.2) is 4.98 Å². The van der Waals surface area contributed by atoms with E-state index in [1.807, 2.05) is 42.5 Å². The van der Waals surface area contributed by atoms with Crippen molar-refractivity contribution >= 4 is 5.95 Å². The lowest BCUT2D eigenvalue weighted by molar-refractivity contribution is 0.421. The molecule has 0 spiro atoms. The van der Waals surface area contributed by atoms with Crippen LogP contribution in [-0.2, 0) is 0 Å². The number of halogens is 1.